The number of nitrogens with zero attached hydrogens (tertiary/aromatic N) is 2. The molecule has 1 aromatic carbocycles. The quantitative estimate of drug-likeness (QED) is 0.664. The van der Waals surface area contributed by atoms with Gasteiger partial charge < -0.3 is 10.6 Å². The lowest BCUT2D eigenvalue weighted by atomic mass is 9.84. The first-order valence-corrected chi connectivity index (χ1v) is 8.13. The summed E-state index contributed by atoms with van der Waals surface area (Å²) in [7, 11) is 0. The zero-order chi connectivity index (χ0) is 18.4. The number of rotatable bonds is 3. The Labute approximate surface area is 141 Å². The molecule has 2 aliphatic rings. The van der Waals surface area contributed by atoms with Gasteiger partial charge >= 0.3 is 6.18 Å². The molecule has 0 bridgehead atoms. The Morgan fingerprint density at radius 3 is 2.56 bits per heavy atom. The van der Waals surface area contributed by atoms with Crippen molar-refractivity contribution in [2.45, 2.75) is 50.4 Å². The Hall–Kier alpha value is -2.32. The number of carbonyl (C=O) groups excluding carboxylic acids is 1. The van der Waals surface area contributed by atoms with Crippen LogP contribution in [0.1, 0.15) is 37.7 Å². The van der Waals surface area contributed by atoms with Crippen LogP contribution in [0, 0.1) is 16.0 Å². The van der Waals surface area contributed by atoms with Crippen LogP contribution in [-0.4, -0.2) is 22.9 Å². The summed E-state index contributed by atoms with van der Waals surface area (Å²) in [4.78, 5) is 24.0. The normalized spacial score (nSPS) is 26.4. The maximum Gasteiger partial charge on any atom is 0.416 e. The molecule has 6 nitrogen and oxygen atoms in total. The molecule has 2 N–H and O–H groups in total. The van der Waals surface area contributed by atoms with E-state index in [9.17, 15) is 28.1 Å². The fourth-order valence-electron chi connectivity index (χ4n) is 4.12. The Bertz CT molecular complexity index is 708. The number of fused-ring (bicyclic) bond motifs is 1. The summed E-state index contributed by atoms with van der Waals surface area (Å²) in [5, 5.41) is 11.4. The molecule has 3 rings (SSSR count). The molecular weight excluding hydrogens is 339 g/mol. The number of benzene rings is 1. The van der Waals surface area contributed by atoms with E-state index < -0.39 is 34.3 Å². The highest BCUT2D eigenvalue weighted by molar-refractivity contribution is 5.86. The van der Waals surface area contributed by atoms with Gasteiger partial charge in [0.05, 0.1) is 10.5 Å². The minimum atomic E-state index is -4.68. The lowest BCUT2D eigenvalue weighted by molar-refractivity contribution is -0.384. The number of nitro benzene ring substituents is 1. The van der Waals surface area contributed by atoms with Crippen LogP contribution in [0.2, 0.25) is 0 Å². The van der Waals surface area contributed by atoms with Gasteiger partial charge in [0.25, 0.3) is 5.69 Å². The Kier molecular flexibility index (Phi) is 4.34. The first kappa shape index (κ1) is 17.5. The van der Waals surface area contributed by atoms with Gasteiger partial charge in [-0.05, 0) is 37.3 Å². The molecule has 25 heavy (non-hydrogen) atoms. The largest absolute Gasteiger partial charge is 0.416 e. The molecule has 9 heteroatoms. The van der Waals surface area contributed by atoms with Gasteiger partial charge in [0.2, 0.25) is 5.91 Å². The van der Waals surface area contributed by atoms with Crippen molar-refractivity contribution in [3.05, 3.63) is 33.9 Å². The molecule has 1 aromatic rings. The molecule has 0 unspecified atom stereocenters. The number of nitro groups is 1. The van der Waals surface area contributed by atoms with Crippen LogP contribution in [0.4, 0.5) is 24.5 Å². The van der Waals surface area contributed by atoms with Crippen LogP contribution < -0.4 is 10.6 Å². The van der Waals surface area contributed by atoms with Crippen LogP contribution in [0.25, 0.3) is 0 Å². The highest BCUT2D eigenvalue weighted by Gasteiger charge is 2.46. The number of amides is 1. The maximum absolute atomic E-state index is 12.9. The number of anilines is 1. The zero-order valence-electron chi connectivity index (χ0n) is 13.3. The number of carbonyl (C=O) groups is 1. The lowest BCUT2D eigenvalue weighted by Crippen LogP contribution is -2.45. The van der Waals surface area contributed by atoms with Gasteiger partial charge in [-0.15, -0.1) is 0 Å². The monoisotopic (exact) mass is 357 g/mol. The van der Waals surface area contributed by atoms with E-state index >= 15 is 0 Å². The van der Waals surface area contributed by atoms with Crippen molar-refractivity contribution in [2.24, 2.45) is 11.7 Å². The van der Waals surface area contributed by atoms with Gasteiger partial charge in [0, 0.05) is 12.1 Å². The summed E-state index contributed by atoms with van der Waals surface area (Å²) in [5.74, 6) is -0.434. The molecule has 1 heterocycles. The number of halogens is 3. The summed E-state index contributed by atoms with van der Waals surface area (Å²) in [5.41, 5.74) is 3.78. The summed E-state index contributed by atoms with van der Waals surface area (Å²) < 4.78 is 38.7. The van der Waals surface area contributed by atoms with Crippen molar-refractivity contribution in [2.75, 3.05) is 4.90 Å². The molecule has 0 radical (unpaired) electrons. The van der Waals surface area contributed by atoms with Crippen LogP contribution in [0.5, 0.6) is 0 Å². The average molecular weight is 357 g/mol. The van der Waals surface area contributed by atoms with Crippen molar-refractivity contribution in [3.8, 4) is 0 Å². The highest BCUT2D eigenvalue weighted by atomic mass is 19.4. The molecule has 136 valence electrons. The fourth-order valence-corrected chi connectivity index (χ4v) is 4.12. The number of primary amides is 1. The molecule has 2 fully saturated rings. The van der Waals surface area contributed by atoms with Gasteiger partial charge in [-0.2, -0.15) is 13.2 Å². The lowest BCUT2D eigenvalue weighted by Gasteiger charge is -2.34. The van der Waals surface area contributed by atoms with E-state index in [1.807, 2.05) is 0 Å². The standard InChI is InChI=1S/C16H18F3N3O3/c17-16(18,19)10-5-6-12(13(8-10)22(24)25)21-11-4-2-1-3-9(11)7-14(21)15(20)23/h5-6,8-9,11,14H,1-4,7H2,(H2,20,23)/t9-,11-,14-/m0/s1. The summed E-state index contributed by atoms with van der Waals surface area (Å²) in [6.07, 6.45) is -0.637. The van der Waals surface area contributed by atoms with Crippen molar-refractivity contribution >= 4 is 17.3 Å². The van der Waals surface area contributed by atoms with E-state index in [2.05, 4.69) is 0 Å². The third-order valence-electron chi connectivity index (χ3n) is 5.19. The van der Waals surface area contributed by atoms with Crippen molar-refractivity contribution in [1.82, 2.24) is 0 Å². The van der Waals surface area contributed by atoms with Crippen LogP contribution in [0.15, 0.2) is 18.2 Å². The molecule has 3 atom stereocenters. The molecule has 1 saturated carbocycles. The van der Waals surface area contributed by atoms with E-state index in [0.717, 1.165) is 37.8 Å². The summed E-state index contributed by atoms with van der Waals surface area (Å²) >= 11 is 0. The minimum absolute atomic E-state index is 0.0381. The number of alkyl halides is 3. The highest BCUT2D eigenvalue weighted by Crippen LogP contribution is 2.46. The second-order valence-electron chi connectivity index (χ2n) is 6.63. The van der Waals surface area contributed by atoms with Gasteiger partial charge in [0.1, 0.15) is 11.7 Å². The van der Waals surface area contributed by atoms with Gasteiger partial charge in [0.15, 0.2) is 0 Å². The van der Waals surface area contributed by atoms with Gasteiger partial charge in [-0.1, -0.05) is 12.8 Å². The van der Waals surface area contributed by atoms with Crippen molar-refractivity contribution in [3.63, 3.8) is 0 Å². The molecular formula is C16H18F3N3O3. The number of hydrogen-bond acceptors (Lipinski definition) is 4. The first-order valence-electron chi connectivity index (χ1n) is 8.13. The average Bonchev–Trinajstić information content (AvgIpc) is 2.93. The molecule has 1 amide bonds. The third kappa shape index (κ3) is 3.14. The van der Waals surface area contributed by atoms with Gasteiger partial charge in [-0.3, -0.25) is 14.9 Å². The number of hydrogen-bond donors (Lipinski definition) is 1. The molecule has 0 aromatic heterocycles. The Morgan fingerprint density at radius 2 is 1.96 bits per heavy atom. The minimum Gasteiger partial charge on any atom is -0.368 e. The van der Waals surface area contributed by atoms with Crippen LogP contribution >= 0.6 is 0 Å². The smallest absolute Gasteiger partial charge is 0.368 e. The topological polar surface area (TPSA) is 89.5 Å². The summed E-state index contributed by atoms with van der Waals surface area (Å²) in [6.45, 7) is 0. The molecule has 1 saturated heterocycles. The van der Waals surface area contributed by atoms with Gasteiger partial charge in [-0.25, -0.2) is 0 Å². The molecule has 1 aliphatic carbocycles. The zero-order valence-corrected chi connectivity index (χ0v) is 13.3. The SMILES string of the molecule is NC(=O)[C@@H]1C[C@@H]2CCCC[C@@H]2N1c1ccc(C(F)(F)F)cc1[N+](=O)[O-]. The predicted octanol–water partition coefficient (Wildman–Crippen LogP) is 3.24. The van der Waals surface area contributed by atoms with E-state index in [1.165, 1.54) is 0 Å². The van der Waals surface area contributed by atoms with E-state index in [4.69, 9.17) is 5.73 Å². The van der Waals surface area contributed by atoms with Crippen molar-refractivity contribution < 1.29 is 22.9 Å². The third-order valence-corrected chi connectivity index (χ3v) is 5.19. The van der Waals surface area contributed by atoms with Crippen LogP contribution in [0.3, 0.4) is 0 Å². The van der Waals surface area contributed by atoms with Crippen LogP contribution in [-0.2, 0) is 11.0 Å². The molecule has 0 spiro atoms. The Morgan fingerprint density at radius 1 is 1.28 bits per heavy atom. The first-order chi connectivity index (χ1) is 11.7. The predicted molar refractivity (Wildman–Crippen MR) is 83.9 cm³/mol. The maximum atomic E-state index is 12.9. The van der Waals surface area contributed by atoms with E-state index in [0.29, 0.717) is 12.5 Å². The fraction of sp³-hybridized carbons (Fsp3) is 0.562. The van der Waals surface area contributed by atoms with E-state index in [1.54, 1.807) is 4.90 Å². The Balaban J connectivity index is 2.09. The molecule has 1 aliphatic heterocycles. The van der Waals surface area contributed by atoms with E-state index in [-0.39, 0.29) is 17.6 Å². The second kappa shape index (κ2) is 6.20. The number of nitrogens with two attached hydrogens (primary N) is 1. The second-order valence-corrected chi connectivity index (χ2v) is 6.63. The summed E-state index contributed by atoms with van der Waals surface area (Å²) in [6, 6.07) is 1.60. The van der Waals surface area contributed by atoms with Crippen molar-refractivity contribution in [1.29, 1.82) is 0 Å².